The first kappa shape index (κ1) is 24.6. The molecule has 32 heavy (non-hydrogen) atoms. The van der Waals surface area contributed by atoms with Crippen LogP contribution in [-0.2, 0) is 15.9 Å². The molecule has 0 saturated carbocycles. The molecule has 0 bridgehead atoms. The molecule has 1 amide bonds. The molecule has 1 fully saturated rings. The largest absolute Gasteiger partial charge is 0.772 e. The summed E-state index contributed by atoms with van der Waals surface area (Å²) >= 11 is -2.36. The van der Waals surface area contributed by atoms with Crippen molar-refractivity contribution in [3.8, 4) is 11.8 Å². The third-order valence-corrected chi connectivity index (χ3v) is 7.22. The fourth-order valence-electron chi connectivity index (χ4n) is 4.19. The van der Waals surface area contributed by atoms with Crippen LogP contribution >= 0.6 is 0 Å². The number of carbonyl (C=O) groups is 1. The van der Waals surface area contributed by atoms with E-state index in [-0.39, 0.29) is 5.75 Å². The molecule has 7 nitrogen and oxygen atoms in total. The van der Waals surface area contributed by atoms with E-state index in [0.717, 1.165) is 44.7 Å². The van der Waals surface area contributed by atoms with Gasteiger partial charge in [0.1, 0.15) is 0 Å². The average molecular weight is 459 g/mol. The first-order chi connectivity index (χ1) is 15.4. The van der Waals surface area contributed by atoms with Crippen molar-refractivity contribution in [2.24, 2.45) is 5.41 Å². The average Bonchev–Trinajstić information content (AvgIpc) is 3.31. The molecule has 1 aromatic rings. The fraction of sp³-hybridized carbons (Fsp3) is 0.542. The minimum atomic E-state index is -2.36. The van der Waals surface area contributed by atoms with Gasteiger partial charge in [-0.2, -0.15) is 0 Å². The maximum Gasteiger partial charge on any atom is 0.250 e. The molecule has 2 unspecified atom stereocenters. The summed E-state index contributed by atoms with van der Waals surface area (Å²) in [6.45, 7) is 6.87. The molecule has 1 aromatic carbocycles. The highest BCUT2D eigenvalue weighted by Crippen LogP contribution is 2.26. The quantitative estimate of drug-likeness (QED) is 0.268. The molecule has 2 atom stereocenters. The van der Waals surface area contributed by atoms with Gasteiger partial charge in [-0.05, 0) is 75.5 Å². The fourth-order valence-corrected chi connectivity index (χ4v) is 4.99. The van der Waals surface area contributed by atoms with Gasteiger partial charge in [-0.15, -0.1) is 0 Å². The van der Waals surface area contributed by atoms with E-state index >= 15 is 0 Å². The number of rotatable bonds is 8. The standard InChI is InChI=1S/C24H33N3O4S/c1-24(19-32(30)31,23(28)25-29)12-18-27-16-10-22(11-17-27)21-8-6-20(7-9-21)5-4-15-26-13-2-3-14-26/h6-10,29H,2-3,11-19H2,1H3,(H,25,28)(H,30,31)/p-1. The van der Waals surface area contributed by atoms with Gasteiger partial charge in [0.25, 0.3) is 0 Å². The SMILES string of the molecule is CC(CCN1CC=C(c2ccc(C#CCN3CCCC3)cc2)CC1)(CS(=O)[O-])C(=O)NO. The van der Waals surface area contributed by atoms with E-state index in [0.29, 0.717) is 13.0 Å². The van der Waals surface area contributed by atoms with Crippen molar-refractivity contribution in [1.29, 1.82) is 0 Å². The summed E-state index contributed by atoms with van der Waals surface area (Å²) in [4.78, 5) is 16.5. The van der Waals surface area contributed by atoms with Crippen molar-refractivity contribution < 1.29 is 18.8 Å². The van der Waals surface area contributed by atoms with Crippen LogP contribution in [0.25, 0.3) is 5.57 Å². The number of hydroxylamine groups is 1. The van der Waals surface area contributed by atoms with Gasteiger partial charge in [0.15, 0.2) is 0 Å². The van der Waals surface area contributed by atoms with Gasteiger partial charge in [-0.1, -0.05) is 41.1 Å². The predicted molar refractivity (Wildman–Crippen MR) is 124 cm³/mol. The van der Waals surface area contributed by atoms with Gasteiger partial charge in [0.05, 0.1) is 12.0 Å². The lowest BCUT2D eigenvalue weighted by Crippen LogP contribution is -2.44. The minimum absolute atomic E-state index is 0.318. The summed E-state index contributed by atoms with van der Waals surface area (Å²) in [6, 6.07) is 8.38. The Morgan fingerprint density at radius 1 is 1.22 bits per heavy atom. The molecule has 2 aliphatic rings. The molecule has 174 valence electrons. The van der Waals surface area contributed by atoms with Crippen molar-refractivity contribution in [1.82, 2.24) is 15.3 Å². The molecule has 2 aliphatic heterocycles. The summed E-state index contributed by atoms with van der Waals surface area (Å²) in [5.74, 6) is 5.54. The van der Waals surface area contributed by atoms with E-state index < -0.39 is 22.4 Å². The Bertz CT molecular complexity index is 900. The summed E-state index contributed by atoms with van der Waals surface area (Å²) in [5, 5.41) is 8.96. The molecule has 0 aliphatic carbocycles. The van der Waals surface area contributed by atoms with Gasteiger partial charge < -0.3 is 4.55 Å². The van der Waals surface area contributed by atoms with Gasteiger partial charge >= 0.3 is 0 Å². The van der Waals surface area contributed by atoms with E-state index in [2.05, 4.69) is 52.0 Å². The van der Waals surface area contributed by atoms with Crippen LogP contribution in [0.1, 0.15) is 43.7 Å². The molecule has 0 spiro atoms. The highest BCUT2D eigenvalue weighted by atomic mass is 32.2. The summed E-state index contributed by atoms with van der Waals surface area (Å²) < 4.78 is 22.3. The molecular weight excluding hydrogens is 426 g/mol. The lowest BCUT2D eigenvalue weighted by Gasteiger charge is -2.32. The van der Waals surface area contributed by atoms with Crippen molar-refractivity contribution >= 4 is 22.6 Å². The Balaban J connectivity index is 1.51. The van der Waals surface area contributed by atoms with Crippen LogP contribution in [0.5, 0.6) is 0 Å². The van der Waals surface area contributed by atoms with E-state index in [4.69, 9.17) is 5.21 Å². The van der Waals surface area contributed by atoms with Crippen molar-refractivity contribution in [3.63, 3.8) is 0 Å². The Morgan fingerprint density at radius 2 is 1.94 bits per heavy atom. The molecule has 2 N–H and O–H groups in total. The van der Waals surface area contributed by atoms with Crippen LogP contribution < -0.4 is 5.48 Å². The third kappa shape index (κ3) is 6.99. The molecule has 3 rings (SSSR count). The second-order valence-corrected chi connectivity index (χ2v) is 9.74. The summed E-state index contributed by atoms with van der Waals surface area (Å²) in [7, 11) is 0. The smallest absolute Gasteiger partial charge is 0.250 e. The second kappa shape index (κ2) is 11.7. The van der Waals surface area contributed by atoms with Crippen molar-refractivity contribution in [3.05, 3.63) is 41.5 Å². The number of likely N-dealkylation sites (tertiary alicyclic amines) is 1. The zero-order valence-corrected chi connectivity index (χ0v) is 19.5. The number of benzene rings is 1. The van der Waals surface area contributed by atoms with E-state index in [9.17, 15) is 13.6 Å². The van der Waals surface area contributed by atoms with Crippen molar-refractivity contribution in [2.45, 2.75) is 32.6 Å². The predicted octanol–water partition coefficient (Wildman–Crippen LogP) is 2.00. The first-order valence-electron chi connectivity index (χ1n) is 11.1. The zero-order chi connectivity index (χ0) is 23.0. The normalized spacial score (nSPS) is 20.0. The molecule has 0 radical (unpaired) electrons. The third-order valence-electron chi connectivity index (χ3n) is 6.35. The molecule has 8 heteroatoms. The number of nitrogens with zero attached hydrogens (tertiary/aromatic N) is 2. The van der Waals surface area contributed by atoms with E-state index in [1.165, 1.54) is 24.0 Å². The van der Waals surface area contributed by atoms with Crippen LogP contribution in [0.15, 0.2) is 30.3 Å². The van der Waals surface area contributed by atoms with Gasteiger partial charge in [-0.3, -0.25) is 24.0 Å². The van der Waals surface area contributed by atoms with E-state index in [1.54, 1.807) is 12.4 Å². The second-order valence-electron chi connectivity index (χ2n) is 8.84. The Morgan fingerprint density at radius 3 is 2.53 bits per heavy atom. The maximum atomic E-state index is 12.0. The molecule has 2 heterocycles. The van der Waals surface area contributed by atoms with Crippen LogP contribution in [0, 0.1) is 17.3 Å². The zero-order valence-electron chi connectivity index (χ0n) is 18.6. The van der Waals surface area contributed by atoms with E-state index in [1.807, 2.05) is 0 Å². The van der Waals surface area contributed by atoms with Crippen LogP contribution in [-0.4, -0.2) is 74.7 Å². The molecule has 0 aromatic heterocycles. The van der Waals surface area contributed by atoms with Crippen LogP contribution in [0.4, 0.5) is 0 Å². The number of carbonyl (C=O) groups excluding carboxylic acids is 1. The number of hydrogen-bond donors (Lipinski definition) is 2. The summed E-state index contributed by atoms with van der Waals surface area (Å²) in [5.41, 5.74) is 3.96. The number of amides is 1. The highest BCUT2D eigenvalue weighted by molar-refractivity contribution is 7.79. The topological polar surface area (TPSA) is 95.9 Å². The summed E-state index contributed by atoms with van der Waals surface area (Å²) in [6.07, 6.45) is 5.98. The van der Waals surface area contributed by atoms with Gasteiger partial charge in [0, 0.05) is 24.4 Å². The number of nitrogens with one attached hydrogen (secondary N) is 1. The highest BCUT2D eigenvalue weighted by Gasteiger charge is 2.33. The lowest BCUT2D eigenvalue weighted by molar-refractivity contribution is -0.138. The first-order valence-corrected chi connectivity index (χ1v) is 12.4. The van der Waals surface area contributed by atoms with Gasteiger partial charge in [0.2, 0.25) is 5.91 Å². The van der Waals surface area contributed by atoms with Crippen LogP contribution in [0.2, 0.25) is 0 Å². The Kier molecular flexibility index (Phi) is 9.02. The minimum Gasteiger partial charge on any atom is -0.772 e. The Hall–Kier alpha value is -2.02. The Labute approximate surface area is 193 Å². The maximum absolute atomic E-state index is 12.0. The van der Waals surface area contributed by atoms with Crippen LogP contribution in [0.3, 0.4) is 0 Å². The number of hydrogen-bond acceptors (Lipinski definition) is 6. The molecular formula is C24H32N3O4S-. The monoisotopic (exact) mass is 458 g/mol. The molecule has 1 saturated heterocycles. The van der Waals surface area contributed by atoms with Gasteiger partial charge in [-0.25, -0.2) is 5.48 Å². The van der Waals surface area contributed by atoms with Crippen molar-refractivity contribution in [2.75, 3.05) is 45.0 Å². The lowest BCUT2D eigenvalue weighted by atomic mass is 9.87.